The fourth-order valence-electron chi connectivity index (χ4n) is 2.41. The molecule has 0 saturated carbocycles. The second-order valence-corrected chi connectivity index (χ2v) is 5.18. The third-order valence-corrected chi connectivity index (χ3v) is 3.65. The largest absolute Gasteiger partial charge is 0.488 e. The van der Waals surface area contributed by atoms with Crippen molar-refractivity contribution < 1.29 is 17.9 Å². The van der Waals surface area contributed by atoms with Crippen LogP contribution in [0.5, 0.6) is 5.75 Å². The van der Waals surface area contributed by atoms with Crippen LogP contribution in [0.4, 0.5) is 18.9 Å². The van der Waals surface area contributed by atoms with Crippen molar-refractivity contribution in [3.05, 3.63) is 23.8 Å². The number of hydrogen-bond donors (Lipinski definition) is 2. The van der Waals surface area contributed by atoms with Crippen molar-refractivity contribution in [2.45, 2.75) is 32.0 Å². The summed E-state index contributed by atoms with van der Waals surface area (Å²) in [5.41, 5.74) is 4.92. The molecule has 1 aliphatic rings. The van der Waals surface area contributed by atoms with Gasteiger partial charge < -0.3 is 15.8 Å². The lowest BCUT2D eigenvalue weighted by molar-refractivity contribution is -0.137. The van der Waals surface area contributed by atoms with Gasteiger partial charge in [0.25, 0.3) is 0 Å². The van der Waals surface area contributed by atoms with Crippen molar-refractivity contribution in [2.24, 2.45) is 5.92 Å². The Labute approximate surface area is 116 Å². The van der Waals surface area contributed by atoms with E-state index >= 15 is 0 Å². The number of anilines is 1. The highest BCUT2D eigenvalue weighted by atomic mass is 19.4. The van der Waals surface area contributed by atoms with Gasteiger partial charge in [0.05, 0.1) is 11.3 Å². The maximum absolute atomic E-state index is 12.5. The summed E-state index contributed by atoms with van der Waals surface area (Å²) < 4.78 is 43.4. The van der Waals surface area contributed by atoms with Gasteiger partial charge in [0.2, 0.25) is 0 Å². The van der Waals surface area contributed by atoms with E-state index in [1.54, 1.807) is 0 Å². The maximum atomic E-state index is 12.5. The number of rotatable bonds is 3. The van der Waals surface area contributed by atoms with Crippen molar-refractivity contribution in [2.75, 3.05) is 18.8 Å². The number of hydrogen-bond acceptors (Lipinski definition) is 3. The summed E-state index contributed by atoms with van der Waals surface area (Å²) in [4.78, 5) is 0. The van der Waals surface area contributed by atoms with Crippen LogP contribution in [0.25, 0.3) is 0 Å². The Hall–Kier alpha value is -1.43. The first kappa shape index (κ1) is 15.0. The van der Waals surface area contributed by atoms with Gasteiger partial charge in [-0.2, -0.15) is 13.2 Å². The van der Waals surface area contributed by atoms with Crippen LogP contribution in [0.1, 0.15) is 25.3 Å². The maximum Gasteiger partial charge on any atom is 0.416 e. The molecule has 0 radical (unpaired) electrons. The van der Waals surface area contributed by atoms with Crippen LogP contribution >= 0.6 is 0 Å². The van der Waals surface area contributed by atoms with Gasteiger partial charge in [-0.1, -0.05) is 0 Å². The number of halogens is 3. The Morgan fingerprint density at radius 3 is 2.70 bits per heavy atom. The number of piperidine rings is 1. The molecule has 2 unspecified atom stereocenters. The zero-order valence-corrected chi connectivity index (χ0v) is 11.3. The van der Waals surface area contributed by atoms with Crippen LogP contribution in [0.2, 0.25) is 0 Å². The van der Waals surface area contributed by atoms with Crippen molar-refractivity contribution >= 4 is 5.69 Å². The van der Waals surface area contributed by atoms with E-state index in [4.69, 9.17) is 10.5 Å². The highest BCUT2D eigenvalue weighted by Gasteiger charge is 2.31. The third kappa shape index (κ3) is 3.56. The first-order valence-corrected chi connectivity index (χ1v) is 6.72. The molecule has 0 aromatic heterocycles. The van der Waals surface area contributed by atoms with Gasteiger partial charge in [-0.25, -0.2) is 0 Å². The molecule has 3 N–H and O–H groups in total. The molecule has 2 rings (SSSR count). The average molecular weight is 288 g/mol. The summed E-state index contributed by atoms with van der Waals surface area (Å²) in [5, 5.41) is 3.29. The molecular weight excluding hydrogens is 269 g/mol. The second kappa shape index (κ2) is 5.91. The first-order chi connectivity index (χ1) is 9.38. The van der Waals surface area contributed by atoms with E-state index in [1.807, 2.05) is 6.92 Å². The van der Waals surface area contributed by atoms with Crippen molar-refractivity contribution in [1.29, 1.82) is 0 Å². The molecular formula is C14H19F3N2O. The molecule has 1 heterocycles. The number of nitrogens with one attached hydrogen (secondary N) is 1. The van der Waals surface area contributed by atoms with Gasteiger partial charge >= 0.3 is 6.18 Å². The summed E-state index contributed by atoms with van der Waals surface area (Å²) in [6.07, 6.45) is -2.33. The minimum atomic E-state index is -4.38. The number of nitrogen functional groups attached to an aromatic ring is 1. The highest BCUT2D eigenvalue weighted by Crippen LogP contribution is 2.34. The molecule has 20 heavy (non-hydrogen) atoms. The minimum absolute atomic E-state index is 0.0236. The number of nitrogens with two attached hydrogens (primary N) is 1. The lowest BCUT2D eigenvalue weighted by Gasteiger charge is -2.29. The van der Waals surface area contributed by atoms with E-state index in [-0.39, 0.29) is 11.8 Å². The first-order valence-electron chi connectivity index (χ1n) is 6.72. The Kier molecular flexibility index (Phi) is 4.42. The van der Waals surface area contributed by atoms with E-state index in [2.05, 4.69) is 5.32 Å². The zero-order valence-electron chi connectivity index (χ0n) is 11.3. The van der Waals surface area contributed by atoms with Gasteiger partial charge in [-0.05, 0) is 44.5 Å². The predicted molar refractivity (Wildman–Crippen MR) is 71.5 cm³/mol. The quantitative estimate of drug-likeness (QED) is 0.840. The fraction of sp³-hybridized carbons (Fsp3) is 0.571. The summed E-state index contributed by atoms with van der Waals surface area (Å²) in [5.74, 6) is 0.668. The molecule has 112 valence electrons. The monoisotopic (exact) mass is 288 g/mol. The van der Waals surface area contributed by atoms with Crippen molar-refractivity contribution in [3.8, 4) is 5.75 Å². The third-order valence-electron chi connectivity index (χ3n) is 3.65. The molecule has 1 aliphatic heterocycles. The Morgan fingerprint density at radius 1 is 1.40 bits per heavy atom. The van der Waals surface area contributed by atoms with Crippen molar-refractivity contribution in [1.82, 2.24) is 5.32 Å². The van der Waals surface area contributed by atoms with Gasteiger partial charge in [-0.3, -0.25) is 0 Å². The van der Waals surface area contributed by atoms with E-state index in [9.17, 15) is 13.2 Å². The van der Waals surface area contributed by atoms with Crippen LogP contribution in [-0.2, 0) is 6.18 Å². The van der Waals surface area contributed by atoms with E-state index < -0.39 is 11.7 Å². The van der Waals surface area contributed by atoms with Crippen LogP contribution in [0, 0.1) is 5.92 Å². The fourth-order valence-corrected chi connectivity index (χ4v) is 2.41. The molecule has 1 aromatic rings. The van der Waals surface area contributed by atoms with E-state index in [1.165, 1.54) is 6.07 Å². The smallest absolute Gasteiger partial charge is 0.416 e. The average Bonchev–Trinajstić information content (AvgIpc) is 2.41. The lowest BCUT2D eigenvalue weighted by Crippen LogP contribution is -2.38. The van der Waals surface area contributed by atoms with Crippen LogP contribution < -0.4 is 15.8 Å². The number of ether oxygens (including phenoxy) is 1. The zero-order chi connectivity index (χ0) is 14.8. The predicted octanol–water partition coefficient (Wildman–Crippen LogP) is 3.05. The second-order valence-electron chi connectivity index (χ2n) is 5.18. The van der Waals surface area contributed by atoms with Crippen LogP contribution in [0.15, 0.2) is 18.2 Å². The molecule has 0 spiro atoms. The molecule has 1 fully saturated rings. The molecule has 1 saturated heterocycles. The van der Waals surface area contributed by atoms with E-state index in [0.29, 0.717) is 11.7 Å². The molecule has 6 heteroatoms. The normalized spacial score (nSPS) is 21.5. The summed E-state index contributed by atoms with van der Waals surface area (Å²) in [7, 11) is 0. The topological polar surface area (TPSA) is 47.3 Å². The molecule has 0 aliphatic carbocycles. The van der Waals surface area contributed by atoms with E-state index in [0.717, 1.165) is 38.1 Å². The molecule has 2 atom stereocenters. The molecule has 0 bridgehead atoms. The number of alkyl halides is 3. The van der Waals surface area contributed by atoms with Crippen LogP contribution in [-0.4, -0.2) is 19.2 Å². The summed E-state index contributed by atoms with van der Waals surface area (Å²) >= 11 is 0. The Balaban J connectivity index is 2.05. The standard InChI is InChI=1S/C14H19F3N2O/c1-9(10-3-2-6-19-8-10)20-13-5-4-11(7-12(13)18)14(15,16)17/h4-5,7,9-10,19H,2-3,6,8,18H2,1H3. The molecule has 0 amide bonds. The Morgan fingerprint density at radius 2 is 2.15 bits per heavy atom. The van der Waals surface area contributed by atoms with Crippen LogP contribution in [0.3, 0.4) is 0 Å². The van der Waals surface area contributed by atoms with Gasteiger partial charge in [-0.15, -0.1) is 0 Å². The van der Waals surface area contributed by atoms with Crippen molar-refractivity contribution in [3.63, 3.8) is 0 Å². The summed E-state index contributed by atoms with van der Waals surface area (Å²) in [6, 6.07) is 3.21. The van der Waals surface area contributed by atoms with Gasteiger partial charge in [0, 0.05) is 12.5 Å². The van der Waals surface area contributed by atoms with Gasteiger partial charge in [0.15, 0.2) is 0 Å². The Bertz CT molecular complexity index is 456. The SMILES string of the molecule is CC(Oc1ccc(C(F)(F)F)cc1N)C1CCCNC1. The lowest BCUT2D eigenvalue weighted by atomic mass is 9.94. The highest BCUT2D eigenvalue weighted by molar-refractivity contribution is 5.54. The molecule has 1 aromatic carbocycles. The molecule has 3 nitrogen and oxygen atoms in total. The minimum Gasteiger partial charge on any atom is -0.488 e. The summed E-state index contributed by atoms with van der Waals surface area (Å²) in [6.45, 7) is 3.79. The van der Waals surface area contributed by atoms with Gasteiger partial charge in [0.1, 0.15) is 11.9 Å². The number of benzene rings is 1.